The second-order valence-electron chi connectivity index (χ2n) is 7.03. The zero-order valence-corrected chi connectivity index (χ0v) is 19.1. The first-order valence-corrected chi connectivity index (χ1v) is 10.8. The number of ether oxygens (including phenoxy) is 1. The number of benzene rings is 2. The number of anilines is 1. The molecule has 3 rings (SSSR count). The van der Waals surface area contributed by atoms with Crippen LogP contribution in [-0.4, -0.2) is 30.5 Å². The molecule has 3 N–H and O–H groups in total. The van der Waals surface area contributed by atoms with Crippen LogP contribution in [0.5, 0.6) is 5.75 Å². The Bertz CT molecular complexity index is 1160. The van der Waals surface area contributed by atoms with Crippen molar-refractivity contribution in [1.29, 1.82) is 0 Å². The van der Waals surface area contributed by atoms with Crippen LogP contribution in [0.4, 0.5) is 5.69 Å². The predicted octanol–water partition coefficient (Wildman–Crippen LogP) is 3.28. The molecule has 0 aliphatic carbocycles. The number of hydrazone groups is 1. The highest BCUT2D eigenvalue weighted by atomic mass is 35.5. The van der Waals surface area contributed by atoms with E-state index < -0.39 is 11.8 Å². The summed E-state index contributed by atoms with van der Waals surface area (Å²) in [5.74, 6) is -1.35. The van der Waals surface area contributed by atoms with Gasteiger partial charge in [0.25, 0.3) is 5.91 Å². The van der Waals surface area contributed by atoms with E-state index in [1.165, 1.54) is 18.0 Å². The Morgan fingerprint density at radius 2 is 1.88 bits per heavy atom. The van der Waals surface area contributed by atoms with Gasteiger partial charge in [-0.25, -0.2) is 5.43 Å². The lowest BCUT2D eigenvalue weighted by atomic mass is 10.1. The molecular formula is C24H23ClN4O5. The van der Waals surface area contributed by atoms with Crippen LogP contribution in [0.1, 0.15) is 23.8 Å². The highest BCUT2D eigenvalue weighted by Crippen LogP contribution is 2.21. The number of hydrogen-bond acceptors (Lipinski definition) is 6. The Labute approximate surface area is 201 Å². The van der Waals surface area contributed by atoms with Gasteiger partial charge >= 0.3 is 11.8 Å². The maximum absolute atomic E-state index is 12.2. The summed E-state index contributed by atoms with van der Waals surface area (Å²) in [6.07, 6.45) is 3.64. The molecule has 0 saturated heterocycles. The molecule has 0 saturated carbocycles. The van der Waals surface area contributed by atoms with Gasteiger partial charge in [0.05, 0.1) is 19.0 Å². The number of carbonyl (C=O) groups excluding carboxylic acids is 3. The van der Waals surface area contributed by atoms with Crippen molar-refractivity contribution < 1.29 is 23.5 Å². The van der Waals surface area contributed by atoms with Crippen LogP contribution >= 0.6 is 11.6 Å². The van der Waals surface area contributed by atoms with Crippen molar-refractivity contribution in [2.75, 3.05) is 11.9 Å². The Hall–Kier alpha value is -4.11. The normalized spacial score (nSPS) is 10.6. The van der Waals surface area contributed by atoms with Crippen molar-refractivity contribution in [1.82, 2.24) is 10.7 Å². The molecule has 0 unspecified atom stereocenters. The van der Waals surface area contributed by atoms with Crippen LogP contribution in [0.15, 0.2) is 70.4 Å². The predicted molar refractivity (Wildman–Crippen MR) is 128 cm³/mol. The molecule has 0 aliphatic rings. The molecule has 176 valence electrons. The maximum atomic E-state index is 12.2. The quantitative estimate of drug-likeness (QED) is 0.245. The average Bonchev–Trinajstić information content (AvgIpc) is 3.36. The van der Waals surface area contributed by atoms with Crippen molar-refractivity contribution in [3.05, 3.63) is 82.8 Å². The van der Waals surface area contributed by atoms with E-state index in [0.29, 0.717) is 27.8 Å². The fraction of sp³-hybridized carbons (Fsp3) is 0.167. The summed E-state index contributed by atoms with van der Waals surface area (Å²) in [6, 6.07) is 15.6. The van der Waals surface area contributed by atoms with Crippen LogP contribution in [0.25, 0.3) is 0 Å². The number of halogens is 1. The van der Waals surface area contributed by atoms with Crippen LogP contribution in [0.2, 0.25) is 5.02 Å². The van der Waals surface area contributed by atoms with E-state index in [1.807, 2.05) is 24.3 Å². The van der Waals surface area contributed by atoms with Gasteiger partial charge in [-0.05, 0) is 54.4 Å². The molecule has 10 heteroatoms. The van der Waals surface area contributed by atoms with E-state index >= 15 is 0 Å². The van der Waals surface area contributed by atoms with Crippen LogP contribution in [-0.2, 0) is 27.3 Å². The van der Waals surface area contributed by atoms with Gasteiger partial charge in [0.15, 0.2) is 6.61 Å². The Balaban J connectivity index is 1.52. The third-order valence-electron chi connectivity index (χ3n) is 4.56. The minimum absolute atomic E-state index is 0.0695. The molecular weight excluding hydrogens is 460 g/mol. The van der Waals surface area contributed by atoms with Gasteiger partial charge in [0.1, 0.15) is 11.5 Å². The SMILES string of the molecule is CCc1ccc(NC(=O)COc2ccc(Cl)cc2/C=N\NC(=O)C(=O)NCc2ccco2)cc1. The third-order valence-corrected chi connectivity index (χ3v) is 4.79. The topological polar surface area (TPSA) is 122 Å². The van der Waals surface area contributed by atoms with E-state index in [4.69, 9.17) is 20.8 Å². The van der Waals surface area contributed by atoms with Gasteiger partial charge in [-0.1, -0.05) is 30.7 Å². The fourth-order valence-electron chi connectivity index (χ4n) is 2.79. The van der Waals surface area contributed by atoms with E-state index in [1.54, 1.807) is 30.3 Å². The van der Waals surface area contributed by atoms with Crippen molar-refractivity contribution in [2.45, 2.75) is 19.9 Å². The highest BCUT2D eigenvalue weighted by Gasteiger charge is 2.13. The maximum Gasteiger partial charge on any atom is 0.329 e. The first-order chi connectivity index (χ1) is 16.4. The van der Waals surface area contributed by atoms with Crippen molar-refractivity contribution in [3.63, 3.8) is 0 Å². The molecule has 3 amide bonds. The van der Waals surface area contributed by atoms with Gasteiger partial charge in [0.2, 0.25) is 0 Å². The number of aryl methyl sites for hydroxylation is 1. The third kappa shape index (κ3) is 7.49. The van der Waals surface area contributed by atoms with Crippen molar-refractivity contribution in [2.24, 2.45) is 5.10 Å². The Morgan fingerprint density at radius 1 is 1.09 bits per heavy atom. The molecule has 0 atom stereocenters. The van der Waals surface area contributed by atoms with Crippen molar-refractivity contribution >= 4 is 41.2 Å². The molecule has 0 bridgehead atoms. The fourth-order valence-corrected chi connectivity index (χ4v) is 2.97. The van der Waals surface area contributed by atoms with Crippen LogP contribution in [0, 0.1) is 0 Å². The first kappa shape index (κ1) is 24.5. The van der Waals surface area contributed by atoms with Crippen LogP contribution in [0.3, 0.4) is 0 Å². The number of hydrogen-bond donors (Lipinski definition) is 3. The van der Waals surface area contributed by atoms with Gasteiger partial charge < -0.3 is 19.8 Å². The standard InChI is InChI=1S/C24H23ClN4O5/c1-2-16-5-8-19(9-6-16)28-22(30)15-34-21-10-7-18(25)12-17(21)13-27-29-24(32)23(31)26-14-20-4-3-11-33-20/h3-13H,2,14-15H2,1H3,(H,26,31)(H,28,30)(H,29,32)/b27-13-. The van der Waals surface area contributed by atoms with E-state index in [-0.39, 0.29) is 19.1 Å². The largest absolute Gasteiger partial charge is 0.483 e. The van der Waals surface area contributed by atoms with Gasteiger partial charge in [-0.2, -0.15) is 5.10 Å². The molecule has 0 fully saturated rings. The minimum atomic E-state index is -0.958. The molecule has 0 aliphatic heterocycles. The van der Waals surface area contributed by atoms with Crippen LogP contribution < -0.4 is 20.8 Å². The second-order valence-corrected chi connectivity index (χ2v) is 7.47. The summed E-state index contributed by atoms with van der Waals surface area (Å²) in [5.41, 5.74) is 4.36. The summed E-state index contributed by atoms with van der Waals surface area (Å²) in [6.45, 7) is 1.87. The minimum Gasteiger partial charge on any atom is -0.483 e. The summed E-state index contributed by atoms with van der Waals surface area (Å²) >= 11 is 6.04. The summed E-state index contributed by atoms with van der Waals surface area (Å²) < 4.78 is 10.7. The summed E-state index contributed by atoms with van der Waals surface area (Å²) in [4.78, 5) is 36.0. The summed E-state index contributed by atoms with van der Waals surface area (Å²) in [5, 5.41) is 9.33. The highest BCUT2D eigenvalue weighted by molar-refractivity contribution is 6.35. The number of nitrogens with one attached hydrogen (secondary N) is 3. The molecule has 9 nitrogen and oxygen atoms in total. The number of carbonyl (C=O) groups is 3. The number of nitrogens with zero attached hydrogens (tertiary/aromatic N) is 1. The summed E-state index contributed by atoms with van der Waals surface area (Å²) in [7, 11) is 0. The number of amides is 3. The lowest BCUT2D eigenvalue weighted by Crippen LogP contribution is -2.37. The Morgan fingerprint density at radius 3 is 2.59 bits per heavy atom. The Kier molecular flexibility index (Phi) is 8.81. The smallest absolute Gasteiger partial charge is 0.329 e. The molecule has 1 heterocycles. The lowest BCUT2D eigenvalue weighted by Gasteiger charge is -2.10. The lowest BCUT2D eigenvalue weighted by molar-refractivity contribution is -0.139. The molecule has 2 aromatic carbocycles. The first-order valence-electron chi connectivity index (χ1n) is 10.4. The van der Waals surface area contributed by atoms with Gasteiger partial charge in [-0.15, -0.1) is 0 Å². The van der Waals surface area contributed by atoms with Crippen molar-refractivity contribution in [3.8, 4) is 5.75 Å². The van der Waals surface area contributed by atoms with E-state index in [2.05, 4.69) is 28.1 Å². The average molecular weight is 483 g/mol. The zero-order valence-electron chi connectivity index (χ0n) is 18.3. The van der Waals surface area contributed by atoms with Gasteiger partial charge in [0, 0.05) is 16.3 Å². The van der Waals surface area contributed by atoms with Gasteiger partial charge in [-0.3, -0.25) is 14.4 Å². The number of furan rings is 1. The van der Waals surface area contributed by atoms with E-state index in [0.717, 1.165) is 6.42 Å². The number of rotatable bonds is 9. The van der Waals surface area contributed by atoms with E-state index in [9.17, 15) is 14.4 Å². The zero-order chi connectivity index (χ0) is 24.3. The molecule has 0 spiro atoms. The molecule has 0 radical (unpaired) electrons. The second kappa shape index (κ2) is 12.2. The molecule has 3 aromatic rings. The monoisotopic (exact) mass is 482 g/mol. The molecule has 34 heavy (non-hydrogen) atoms. The molecule has 1 aromatic heterocycles.